The van der Waals surface area contributed by atoms with Crippen LogP contribution in [0.15, 0.2) is 59.1 Å². The van der Waals surface area contributed by atoms with Crippen LogP contribution in [0.25, 0.3) is 0 Å². The average Bonchev–Trinajstić information content (AvgIpc) is 2.86. The molecule has 0 bridgehead atoms. The van der Waals surface area contributed by atoms with Gasteiger partial charge in [-0.15, -0.1) is 0 Å². The topological polar surface area (TPSA) is 132 Å². The molecular formula is C28H28I2N4O5. The third-order valence-corrected chi connectivity index (χ3v) is 8.47. The summed E-state index contributed by atoms with van der Waals surface area (Å²) in [7, 11) is 1.61. The number of carbonyl (C=O) groups is 1. The number of non-ortho nitro benzene ring substituents is 1. The molecule has 0 amide bonds. The molecule has 2 aromatic carbocycles. The molecule has 0 unspecified atom stereocenters. The third-order valence-electron chi connectivity index (χ3n) is 6.86. The average molecular weight is 754 g/mol. The number of nitriles is 1. The molecule has 9 nitrogen and oxygen atoms in total. The number of Topliss-reactive ketones (excluding diaryl/α,β-unsaturated/α-hetero) is 1. The summed E-state index contributed by atoms with van der Waals surface area (Å²) in [5.41, 5.74) is 9.65. The maximum Gasteiger partial charge on any atom is 0.269 e. The number of nitro benzene ring substituents is 1. The first-order valence-corrected chi connectivity index (χ1v) is 14.4. The highest BCUT2D eigenvalue weighted by molar-refractivity contribution is 14.1. The van der Waals surface area contributed by atoms with Gasteiger partial charge in [-0.3, -0.25) is 14.9 Å². The van der Waals surface area contributed by atoms with Crippen molar-refractivity contribution in [2.45, 2.75) is 39.2 Å². The Morgan fingerprint density at radius 1 is 1.23 bits per heavy atom. The predicted octanol–water partition coefficient (Wildman–Crippen LogP) is 5.77. The maximum atomic E-state index is 13.6. The standard InChI is InChI=1S/C28H28I2N4O5/c1-28(2)12-22-25(23(35)13-28)24(19(14-31)27(32)33(22)7-8-38-3)17-10-20(29)26(21(30)11-17)39-15-16-5-4-6-18(9-16)34(36)37/h4-6,9-11,24H,7-8,12-13,15,32H2,1-3H3/t24-/m0/s1. The summed E-state index contributed by atoms with van der Waals surface area (Å²) in [4.78, 5) is 26.2. The van der Waals surface area contributed by atoms with E-state index in [9.17, 15) is 20.2 Å². The Morgan fingerprint density at radius 3 is 2.54 bits per heavy atom. The van der Waals surface area contributed by atoms with Gasteiger partial charge in [-0.1, -0.05) is 26.0 Å². The maximum absolute atomic E-state index is 13.6. The lowest BCUT2D eigenvalue weighted by atomic mass is 9.68. The molecule has 2 N–H and O–H groups in total. The fourth-order valence-corrected chi connectivity index (χ4v) is 7.27. The van der Waals surface area contributed by atoms with Crippen LogP contribution in [-0.2, 0) is 16.1 Å². The van der Waals surface area contributed by atoms with Crippen LogP contribution in [-0.4, -0.2) is 35.9 Å². The second kappa shape index (κ2) is 11.8. The van der Waals surface area contributed by atoms with Gasteiger partial charge < -0.3 is 20.1 Å². The number of ether oxygens (including phenoxy) is 2. The van der Waals surface area contributed by atoms with Crippen LogP contribution in [0.5, 0.6) is 5.75 Å². The van der Waals surface area contributed by atoms with E-state index in [2.05, 4.69) is 65.1 Å². The molecule has 0 saturated heterocycles. The molecule has 11 heteroatoms. The van der Waals surface area contributed by atoms with Crippen LogP contribution >= 0.6 is 45.2 Å². The number of rotatable bonds is 8. The van der Waals surface area contributed by atoms with Gasteiger partial charge in [0.15, 0.2) is 5.78 Å². The summed E-state index contributed by atoms with van der Waals surface area (Å²) in [6.07, 6.45) is 1.05. The molecule has 1 aliphatic heterocycles. The normalized spacial score (nSPS) is 18.6. The zero-order valence-corrected chi connectivity index (χ0v) is 26.1. The van der Waals surface area contributed by atoms with Gasteiger partial charge in [-0.05, 0) is 80.3 Å². The largest absolute Gasteiger partial charge is 0.487 e. The number of nitrogens with zero attached hydrogens (tertiary/aromatic N) is 3. The lowest BCUT2D eigenvalue weighted by Gasteiger charge is -2.43. The molecule has 0 saturated carbocycles. The molecule has 2 aliphatic rings. The molecule has 0 spiro atoms. The van der Waals surface area contributed by atoms with E-state index in [0.717, 1.165) is 18.4 Å². The van der Waals surface area contributed by atoms with Crippen molar-refractivity contribution >= 4 is 56.7 Å². The van der Waals surface area contributed by atoms with Gasteiger partial charge in [0.2, 0.25) is 0 Å². The molecule has 4 rings (SSSR count). The van der Waals surface area contributed by atoms with Gasteiger partial charge in [0, 0.05) is 43.5 Å². The molecule has 0 fully saturated rings. The highest BCUT2D eigenvalue weighted by Crippen LogP contribution is 2.49. The van der Waals surface area contributed by atoms with Crippen molar-refractivity contribution in [1.29, 1.82) is 5.26 Å². The van der Waals surface area contributed by atoms with Crippen LogP contribution in [0.4, 0.5) is 5.69 Å². The Balaban J connectivity index is 1.74. The van der Waals surface area contributed by atoms with Crippen LogP contribution in [0.1, 0.15) is 43.7 Å². The first kappa shape index (κ1) is 29.3. The Labute approximate surface area is 254 Å². The Morgan fingerprint density at radius 2 is 1.92 bits per heavy atom. The zero-order chi connectivity index (χ0) is 28.5. The van der Waals surface area contributed by atoms with Crippen LogP contribution < -0.4 is 10.5 Å². The smallest absolute Gasteiger partial charge is 0.269 e. The molecule has 0 aromatic heterocycles. The van der Waals surface area contributed by atoms with Gasteiger partial charge in [0.25, 0.3) is 5.69 Å². The van der Waals surface area contributed by atoms with Crippen LogP contribution in [0.3, 0.4) is 0 Å². The van der Waals surface area contributed by atoms with Crippen molar-refractivity contribution in [2.75, 3.05) is 20.3 Å². The number of ketones is 1. The molecule has 1 aliphatic carbocycles. The SMILES string of the molecule is COCCN1C(N)=C(C#N)[C@H](c2cc(I)c(OCc3cccc([N+](=O)[O-])c3)c(I)c2)C2=C1CC(C)(C)CC2=O. The first-order chi connectivity index (χ1) is 18.5. The highest BCUT2D eigenvalue weighted by atomic mass is 127. The van der Waals surface area contributed by atoms with Crippen LogP contribution in [0, 0.1) is 34.0 Å². The molecule has 1 atom stereocenters. The number of hydrogen-bond acceptors (Lipinski definition) is 8. The lowest BCUT2D eigenvalue weighted by Crippen LogP contribution is -2.43. The molecule has 0 radical (unpaired) electrons. The van der Waals surface area contributed by atoms with Crippen molar-refractivity contribution in [3.8, 4) is 11.8 Å². The first-order valence-electron chi connectivity index (χ1n) is 12.2. The number of nitrogens with two attached hydrogens (primary N) is 1. The van der Waals surface area contributed by atoms with Crippen molar-refractivity contribution in [1.82, 2.24) is 4.90 Å². The number of allylic oxidation sites excluding steroid dienone is 3. The Bertz CT molecular complexity index is 1420. The summed E-state index contributed by atoms with van der Waals surface area (Å²) < 4.78 is 13.0. The summed E-state index contributed by atoms with van der Waals surface area (Å²) >= 11 is 4.35. The number of nitro groups is 1. The fraction of sp³-hybridized carbons (Fsp3) is 0.357. The van der Waals surface area contributed by atoms with Crippen molar-refractivity contribution < 1.29 is 19.2 Å². The number of halogens is 2. The highest BCUT2D eigenvalue weighted by Gasteiger charge is 2.44. The quantitative estimate of drug-likeness (QED) is 0.205. The van der Waals surface area contributed by atoms with Crippen LogP contribution in [0.2, 0.25) is 0 Å². The summed E-state index contributed by atoms with van der Waals surface area (Å²) in [5, 5.41) is 21.3. The number of benzene rings is 2. The summed E-state index contributed by atoms with van der Waals surface area (Å²) in [5.74, 6) is 0.412. The second-order valence-electron chi connectivity index (χ2n) is 10.3. The van der Waals surface area contributed by atoms with Crippen molar-refractivity contribution in [3.05, 3.63) is 87.4 Å². The monoisotopic (exact) mass is 754 g/mol. The molecule has 204 valence electrons. The predicted molar refractivity (Wildman–Crippen MR) is 163 cm³/mol. The van der Waals surface area contributed by atoms with Crippen molar-refractivity contribution in [2.24, 2.45) is 11.1 Å². The minimum atomic E-state index is -0.583. The summed E-state index contributed by atoms with van der Waals surface area (Å²) in [6, 6.07) is 12.5. The fourth-order valence-electron chi connectivity index (χ4n) is 5.15. The van der Waals surface area contributed by atoms with Crippen molar-refractivity contribution in [3.63, 3.8) is 0 Å². The molecule has 39 heavy (non-hydrogen) atoms. The van der Waals surface area contributed by atoms with Gasteiger partial charge in [-0.25, -0.2) is 0 Å². The van der Waals surface area contributed by atoms with E-state index in [1.165, 1.54) is 12.1 Å². The molecular weight excluding hydrogens is 726 g/mol. The molecule has 2 aromatic rings. The van der Waals surface area contributed by atoms with Gasteiger partial charge in [0.1, 0.15) is 18.2 Å². The van der Waals surface area contributed by atoms with Gasteiger partial charge in [-0.2, -0.15) is 5.26 Å². The van der Waals surface area contributed by atoms with E-state index in [1.54, 1.807) is 19.2 Å². The number of carbonyl (C=O) groups excluding carboxylic acids is 1. The second-order valence-corrected chi connectivity index (χ2v) is 12.6. The van der Waals surface area contributed by atoms with E-state index in [4.69, 9.17) is 15.2 Å². The van der Waals surface area contributed by atoms with E-state index in [0.29, 0.717) is 54.3 Å². The summed E-state index contributed by atoms with van der Waals surface area (Å²) in [6.45, 7) is 5.14. The Hall–Kier alpha value is -2.70. The minimum absolute atomic E-state index is 0.00509. The van der Waals surface area contributed by atoms with Gasteiger partial charge >= 0.3 is 0 Å². The zero-order valence-electron chi connectivity index (χ0n) is 21.8. The Kier molecular flexibility index (Phi) is 8.87. The van der Waals surface area contributed by atoms with E-state index in [1.807, 2.05) is 17.0 Å². The molecule has 1 heterocycles. The van der Waals surface area contributed by atoms with E-state index < -0.39 is 10.8 Å². The number of hydrogen-bond donors (Lipinski definition) is 1. The minimum Gasteiger partial charge on any atom is -0.487 e. The third kappa shape index (κ3) is 6.07. The lowest BCUT2D eigenvalue weighted by molar-refractivity contribution is -0.384. The van der Waals surface area contributed by atoms with E-state index in [-0.39, 0.29) is 23.5 Å². The van der Waals surface area contributed by atoms with Gasteiger partial charge in [0.05, 0.1) is 36.2 Å². The number of methoxy groups -OCH3 is 1. The van der Waals surface area contributed by atoms with E-state index >= 15 is 0 Å².